The Labute approximate surface area is 189 Å². The monoisotopic (exact) mass is 436 g/mol. The van der Waals surface area contributed by atoms with Crippen molar-refractivity contribution >= 4 is 5.96 Å². The number of ether oxygens (including phenoxy) is 2. The van der Waals surface area contributed by atoms with Crippen LogP contribution >= 0.6 is 0 Å². The van der Waals surface area contributed by atoms with Crippen LogP contribution in [0.1, 0.15) is 29.4 Å². The third-order valence-corrected chi connectivity index (χ3v) is 5.32. The summed E-state index contributed by atoms with van der Waals surface area (Å²) in [5, 5.41) is 11.3. The fourth-order valence-electron chi connectivity index (χ4n) is 3.42. The summed E-state index contributed by atoms with van der Waals surface area (Å²) in [4.78, 5) is 8.74. The van der Waals surface area contributed by atoms with Crippen molar-refractivity contribution in [3.05, 3.63) is 65.1 Å². The van der Waals surface area contributed by atoms with Gasteiger partial charge in [-0.3, -0.25) is 9.67 Å². The van der Waals surface area contributed by atoms with E-state index in [-0.39, 0.29) is 6.04 Å². The summed E-state index contributed by atoms with van der Waals surface area (Å²) in [6, 6.07) is 11.4. The maximum absolute atomic E-state index is 5.78. The quantitative estimate of drug-likeness (QED) is 0.415. The third-order valence-electron chi connectivity index (χ3n) is 5.32. The number of aliphatic imine (C=N–C) groups is 1. The van der Waals surface area contributed by atoms with Crippen LogP contribution in [-0.2, 0) is 20.0 Å². The molecule has 0 bridgehead atoms. The molecule has 2 N–H and O–H groups in total. The van der Waals surface area contributed by atoms with Gasteiger partial charge in [0.1, 0.15) is 11.5 Å². The SMILES string of the molecule is CN=C(NCc1ccc(Oc2ccc(OC)cc2)nc1)NC(C)Cc1c(C)nn(C)c1C. The lowest BCUT2D eigenvalue weighted by Gasteiger charge is -2.18. The van der Waals surface area contributed by atoms with Crippen LogP contribution in [0.2, 0.25) is 0 Å². The first-order valence-electron chi connectivity index (χ1n) is 10.6. The average molecular weight is 437 g/mol. The number of benzene rings is 1. The molecule has 0 saturated heterocycles. The molecular weight excluding hydrogens is 404 g/mol. The van der Waals surface area contributed by atoms with Gasteiger partial charge in [0, 0.05) is 44.6 Å². The predicted octanol–water partition coefficient (Wildman–Crippen LogP) is 3.53. The van der Waals surface area contributed by atoms with E-state index in [2.05, 4.69) is 46.5 Å². The van der Waals surface area contributed by atoms with Gasteiger partial charge in [0.25, 0.3) is 0 Å². The van der Waals surface area contributed by atoms with Crippen LogP contribution in [0.25, 0.3) is 0 Å². The van der Waals surface area contributed by atoms with Gasteiger partial charge in [-0.2, -0.15) is 5.10 Å². The minimum atomic E-state index is 0.209. The van der Waals surface area contributed by atoms with E-state index in [4.69, 9.17) is 9.47 Å². The van der Waals surface area contributed by atoms with Crippen molar-refractivity contribution in [1.29, 1.82) is 0 Å². The van der Waals surface area contributed by atoms with Crippen LogP contribution in [0.4, 0.5) is 0 Å². The lowest BCUT2D eigenvalue weighted by molar-refractivity contribution is 0.412. The molecule has 2 heterocycles. The van der Waals surface area contributed by atoms with E-state index in [0.717, 1.165) is 29.4 Å². The van der Waals surface area contributed by atoms with E-state index in [1.807, 2.05) is 48.1 Å². The van der Waals surface area contributed by atoms with E-state index in [1.165, 1.54) is 11.3 Å². The number of aryl methyl sites for hydroxylation is 2. The first kappa shape index (κ1) is 23.1. The summed E-state index contributed by atoms with van der Waals surface area (Å²) >= 11 is 0. The molecule has 3 aromatic rings. The van der Waals surface area contributed by atoms with Gasteiger partial charge in [-0.25, -0.2) is 4.98 Å². The summed E-state index contributed by atoms with van der Waals surface area (Å²) in [6.07, 6.45) is 2.68. The second kappa shape index (κ2) is 10.7. The normalized spacial score (nSPS) is 12.4. The van der Waals surface area contributed by atoms with E-state index < -0.39 is 0 Å². The van der Waals surface area contributed by atoms with Gasteiger partial charge in [0.2, 0.25) is 5.88 Å². The molecule has 8 nitrogen and oxygen atoms in total. The van der Waals surface area contributed by atoms with Crippen molar-refractivity contribution in [2.24, 2.45) is 12.0 Å². The van der Waals surface area contributed by atoms with Gasteiger partial charge in [0.15, 0.2) is 5.96 Å². The second-order valence-electron chi connectivity index (χ2n) is 7.73. The molecule has 32 heavy (non-hydrogen) atoms. The number of rotatable bonds is 8. The molecule has 0 radical (unpaired) electrons. The topological polar surface area (TPSA) is 85.6 Å². The van der Waals surface area contributed by atoms with Crippen molar-refractivity contribution in [2.45, 2.75) is 39.8 Å². The Hall–Kier alpha value is -3.55. The Morgan fingerprint density at radius 2 is 1.84 bits per heavy atom. The highest BCUT2D eigenvalue weighted by Gasteiger charge is 2.14. The van der Waals surface area contributed by atoms with Gasteiger partial charge >= 0.3 is 0 Å². The van der Waals surface area contributed by atoms with Gasteiger partial charge in [-0.1, -0.05) is 6.07 Å². The Balaban J connectivity index is 1.50. The number of hydrogen-bond acceptors (Lipinski definition) is 5. The highest BCUT2D eigenvalue weighted by Crippen LogP contribution is 2.22. The molecule has 1 unspecified atom stereocenters. The largest absolute Gasteiger partial charge is 0.497 e. The molecular formula is C24H32N6O2. The van der Waals surface area contributed by atoms with Crippen LogP contribution in [-0.4, -0.2) is 40.9 Å². The van der Waals surface area contributed by atoms with Crippen LogP contribution in [0.3, 0.4) is 0 Å². The number of methoxy groups -OCH3 is 1. The minimum Gasteiger partial charge on any atom is -0.497 e. The Bertz CT molecular complexity index is 1040. The summed E-state index contributed by atoms with van der Waals surface area (Å²) in [6.45, 7) is 6.90. The smallest absolute Gasteiger partial charge is 0.219 e. The van der Waals surface area contributed by atoms with E-state index in [9.17, 15) is 0 Å². The van der Waals surface area contributed by atoms with Crippen LogP contribution in [0.15, 0.2) is 47.6 Å². The summed E-state index contributed by atoms with van der Waals surface area (Å²) in [5.41, 5.74) is 4.58. The number of pyridine rings is 1. The molecule has 0 aliphatic rings. The van der Waals surface area contributed by atoms with Crippen molar-refractivity contribution in [1.82, 2.24) is 25.4 Å². The molecule has 1 aromatic carbocycles. The summed E-state index contributed by atoms with van der Waals surface area (Å²) < 4.78 is 12.9. The van der Waals surface area contributed by atoms with Gasteiger partial charge in [0.05, 0.1) is 12.8 Å². The highest BCUT2D eigenvalue weighted by molar-refractivity contribution is 5.79. The van der Waals surface area contributed by atoms with Crippen LogP contribution in [0, 0.1) is 13.8 Å². The molecule has 0 fully saturated rings. The van der Waals surface area contributed by atoms with Crippen molar-refractivity contribution < 1.29 is 9.47 Å². The highest BCUT2D eigenvalue weighted by atomic mass is 16.5. The maximum Gasteiger partial charge on any atom is 0.219 e. The Kier molecular flexibility index (Phi) is 7.70. The minimum absolute atomic E-state index is 0.209. The number of aromatic nitrogens is 3. The predicted molar refractivity (Wildman–Crippen MR) is 126 cm³/mol. The maximum atomic E-state index is 5.78. The zero-order chi connectivity index (χ0) is 23.1. The molecule has 3 rings (SSSR count). The molecule has 170 valence electrons. The van der Waals surface area contributed by atoms with Crippen molar-refractivity contribution in [2.75, 3.05) is 14.2 Å². The zero-order valence-electron chi connectivity index (χ0n) is 19.6. The van der Waals surface area contributed by atoms with Crippen molar-refractivity contribution in [3.63, 3.8) is 0 Å². The molecule has 0 saturated carbocycles. The standard InChI is InChI=1S/C24H32N6O2/c1-16(13-22-17(2)29-30(5)18(22)3)28-24(25-4)27-15-19-7-12-23(26-14-19)32-21-10-8-20(31-6)9-11-21/h7-12,14,16H,13,15H2,1-6H3,(H2,25,27,28). The van der Waals surface area contributed by atoms with E-state index >= 15 is 0 Å². The molecule has 2 aromatic heterocycles. The molecule has 0 aliphatic heterocycles. The number of guanidine groups is 1. The third kappa shape index (κ3) is 6.00. The summed E-state index contributed by atoms with van der Waals surface area (Å²) in [5.74, 6) is 2.78. The fraction of sp³-hybridized carbons (Fsp3) is 0.375. The summed E-state index contributed by atoms with van der Waals surface area (Å²) in [7, 11) is 5.39. The van der Waals surface area contributed by atoms with Crippen LogP contribution < -0.4 is 20.1 Å². The Morgan fingerprint density at radius 3 is 2.41 bits per heavy atom. The molecule has 0 aliphatic carbocycles. The lowest BCUT2D eigenvalue weighted by Crippen LogP contribution is -2.42. The zero-order valence-corrected chi connectivity index (χ0v) is 19.6. The average Bonchev–Trinajstić information content (AvgIpc) is 3.04. The van der Waals surface area contributed by atoms with E-state index in [0.29, 0.717) is 18.2 Å². The lowest BCUT2D eigenvalue weighted by atomic mass is 10.1. The van der Waals surface area contributed by atoms with Gasteiger partial charge in [-0.05, 0) is 62.6 Å². The number of nitrogens with one attached hydrogen (secondary N) is 2. The fourth-order valence-corrected chi connectivity index (χ4v) is 3.42. The first-order valence-corrected chi connectivity index (χ1v) is 10.6. The second-order valence-corrected chi connectivity index (χ2v) is 7.73. The number of hydrogen-bond donors (Lipinski definition) is 2. The molecule has 0 spiro atoms. The Morgan fingerprint density at radius 1 is 1.12 bits per heavy atom. The van der Waals surface area contributed by atoms with Gasteiger partial charge < -0.3 is 20.1 Å². The molecule has 1 atom stereocenters. The van der Waals surface area contributed by atoms with Gasteiger partial charge in [-0.15, -0.1) is 0 Å². The molecule has 0 amide bonds. The molecule has 8 heteroatoms. The number of nitrogens with zero attached hydrogens (tertiary/aromatic N) is 4. The van der Waals surface area contributed by atoms with E-state index in [1.54, 1.807) is 20.4 Å². The van der Waals surface area contributed by atoms with Crippen LogP contribution in [0.5, 0.6) is 17.4 Å². The first-order chi connectivity index (χ1) is 15.4. The van der Waals surface area contributed by atoms with Crippen molar-refractivity contribution in [3.8, 4) is 17.4 Å².